The molecule has 1 aromatic heterocycles. The third-order valence-corrected chi connectivity index (χ3v) is 4.67. The zero-order chi connectivity index (χ0) is 17.6. The fourth-order valence-electron chi connectivity index (χ4n) is 2.96. The molecule has 1 saturated heterocycles. The number of halogens is 1. The van der Waals surface area contributed by atoms with E-state index >= 15 is 0 Å². The maximum atomic E-state index is 6.16. The Morgan fingerprint density at radius 1 is 1.20 bits per heavy atom. The average Bonchev–Trinajstić information content (AvgIpc) is 3.10. The molecule has 2 heterocycles. The molecule has 0 saturated carbocycles. The van der Waals surface area contributed by atoms with E-state index < -0.39 is 0 Å². The minimum Gasteiger partial charge on any atom is -0.370 e. The topological polar surface area (TPSA) is 75.6 Å². The maximum absolute atomic E-state index is 6.16. The van der Waals surface area contributed by atoms with Crippen molar-refractivity contribution in [1.29, 1.82) is 0 Å². The average molecular weight is 362 g/mol. The van der Waals surface area contributed by atoms with E-state index in [2.05, 4.69) is 44.0 Å². The molecule has 134 valence electrons. The first-order valence-corrected chi connectivity index (χ1v) is 8.97. The van der Waals surface area contributed by atoms with Gasteiger partial charge in [-0.15, -0.1) is 10.2 Å². The van der Waals surface area contributed by atoms with E-state index in [0.717, 1.165) is 50.0 Å². The molecule has 0 atom stereocenters. The molecule has 7 nitrogen and oxygen atoms in total. The molecule has 1 aromatic carbocycles. The lowest BCUT2D eigenvalue weighted by molar-refractivity contribution is 0.380. The van der Waals surface area contributed by atoms with Crippen LogP contribution in [0.25, 0.3) is 0 Å². The summed E-state index contributed by atoms with van der Waals surface area (Å²) in [6, 6.07) is 7.96. The minimum absolute atomic E-state index is 0.613. The van der Waals surface area contributed by atoms with Crippen molar-refractivity contribution in [2.45, 2.75) is 19.9 Å². The van der Waals surface area contributed by atoms with Crippen LogP contribution in [0.1, 0.15) is 12.7 Å². The monoisotopic (exact) mass is 361 g/mol. The third-order valence-electron chi connectivity index (χ3n) is 4.42. The Hall–Kier alpha value is -2.28. The van der Waals surface area contributed by atoms with Gasteiger partial charge in [-0.1, -0.05) is 18.5 Å². The summed E-state index contributed by atoms with van der Waals surface area (Å²) >= 11 is 5.95. The van der Waals surface area contributed by atoms with Gasteiger partial charge in [-0.3, -0.25) is 4.99 Å². The van der Waals surface area contributed by atoms with Crippen molar-refractivity contribution in [3.05, 3.63) is 41.4 Å². The number of guanidine groups is 1. The second kappa shape index (κ2) is 8.20. The number of aliphatic imine (C=N–C) groups is 1. The van der Waals surface area contributed by atoms with Crippen molar-refractivity contribution < 1.29 is 0 Å². The molecule has 3 rings (SSSR count). The number of anilines is 1. The Bertz CT molecular complexity index is 702. The zero-order valence-corrected chi connectivity index (χ0v) is 15.2. The van der Waals surface area contributed by atoms with E-state index in [9.17, 15) is 0 Å². The molecule has 0 bridgehead atoms. The molecule has 0 aliphatic carbocycles. The predicted octanol–water partition coefficient (Wildman–Crippen LogP) is 1.63. The normalized spacial score (nSPS) is 15.7. The molecule has 2 aromatic rings. The van der Waals surface area contributed by atoms with E-state index in [-0.39, 0.29) is 0 Å². The summed E-state index contributed by atoms with van der Waals surface area (Å²) in [7, 11) is 0. The largest absolute Gasteiger partial charge is 0.370 e. The standard InChI is InChI=1S/C17H24ClN7/c1-2-16-22-21-13-25(16)8-7-20-17(19)24-11-9-23(10-12-24)15-5-3-14(18)4-6-15/h3-6,13H,2,7-12H2,1H3,(H2,19,20). The first kappa shape index (κ1) is 17.5. The molecule has 8 heteroatoms. The van der Waals surface area contributed by atoms with Gasteiger partial charge >= 0.3 is 0 Å². The highest BCUT2D eigenvalue weighted by Gasteiger charge is 2.18. The lowest BCUT2D eigenvalue weighted by Gasteiger charge is -2.36. The Labute approximate surface area is 153 Å². The summed E-state index contributed by atoms with van der Waals surface area (Å²) in [5.74, 6) is 1.59. The van der Waals surface area contributed by atoms with Crippen LogP contribution in [0.5, 0.6) is 0 Å². The number of hydrogen-bond acceptors (Lipinski definition) is 4. The highest BCUT2D eigenvalue weighted by atomic mass is 35.5. The number of benzene rings is 1. The Kier molecular flexibility index (Phi) is 5.75. The second-order valence-corrected chi connectivity index (χ2v) is 6.42. The number of rotatable bonds is 5. The number of aromatic nitrogens is 3. The van der Waals surface area contributed by atoms with Gasteiger partial charge in [0, 0.05) is 49.9 Å². The van der Waals surface area contributed by atoms with Gasteiger partial charge in [0.25, 0.3) is 0 Å². The van der Waals surface area contributed by atoms with Crippen LogP contribution in [0.3, 0.4) is 0 Å². The van der Waals surface area contributed by atoms with Crippen LogP contribution >= 0.6 is 11.6 Å². The van der Waals surface area contributed by atoms with E-state index in [4.69, 9.17) is 17.3 Å². The van der Waals surface area contributed by atoms with E-state index in [1.54, 1.807) is 6.33 Å². The molecular formula is C17H24ClN7. The third kappa shape index (κ3) is 4.42. The van der Waals surface area contributed by atoms with Gasteiger partial charge in [-0.2, -0.15) is 0 Å². The van der Waals surface area contributed by atoms with Crippen LogP contribution in [-0.4, -0.2) is 58.3 Å². The van der Waals surface area contributed by atoms with Crippen LogP contribution in [0.2, 0.25) is 5.02 Å². The fourth-order valence-corrected chi connectivity index (χ4v) is 3.08. The van der Waals surface area contributed by atoms with Crippen molar-refractivity contribution in [2.24, 2.45) is 10.7 Å². The quantitative estimate of drug-likeness (QED) is 0.647. The number of nitrogens with two attached hydrogens (primary N) is 1. The van der Waals surface area contributed by atoms with Crippen molar-refractivity contribution in [3.63, 3.8) is 0 Å². The smallest absolute Gasteiger partial charge is 0.191 e. The van der Waals surface area contributed by atoms with Gasteiger partial charge in [-0.25, -0.2) is 0 Å². The van der Waals surface area contributed by atoms with Gasteiger partial charge in [0.2, 0.25) is 0 Å². The Morgan fingerprint density at radius 2 is 1.92 bits per heavy atom. The van der Waals surface area contributed by atoms with Gasteiger partial charge in [0.1, 0.15) is 12.2 Å². The van der Waals surface area contributed by atoms with Crippen molar-refractivity contribution in [1.82, 2.24) is 19.7 Å². The van der Waals surface area contributed by atoms with Crippen LogP contribution in [0.15, 0.2) is 35.6 Å². The van der Waals surface area contributed by atoms with E-state index in [1.807, 2.05) is 16.7 Å². The molecule has 1 fully saturated rings. The number of nitrogens with zero attached hydrogens (tertiary/aromatic N) is 6. The molecule has 1 aliphatic rings. The fraction of sp³-hybridized carbons (Fsp3) is 0.471. The van der Waals surface area contributed by atoms with Crippen LogP contribution in [-0.2, 0) is 13.0 Å². The molecule has 0 amide bonds. The second-order valence-electron chi connectivity index (χ2n) is 5.98. The highest BCUT2D eigenvalue weighted by molar-refractivity contribution is 6.30. The van der Waals surface area contributed by atoms with Crippen molar-refractivity contribution in [3.8, 4) is 0 Å². The summed E-state index contributed by atoms with van der Waals surface area (Å²) in [5, 5.41) is 8.77. The molecule has 0 spiro atoms. The molecule has 25 heavy (non-hydrogen) atoms. The molecular weight excluding hydrogens is 338 g/mol. The van der Waals surface area contributed by atoms with Crippen molar-refractivity contribution >= 4 is 23.2 Å². The summed E-state index contributed by atoms with van der Waals surface area (Å²) in [6.45, 7) is 7.02. The molecule has 0 radical (unpaired) electrons. The SMILES string of the molecule is CCc1nncn1CCN=C(N)N1CCN(c2ccc(Cl)cc2)CC1. The predicted molar refractivity (Wildman–Crippen MR) is 101 cm³/mol. The summed E-state index contributed by atoms with van der Waals surface area (Å²) in [6.07, 6.45) is 2.61. The maximum Gasteiger partial charge on any atom is 0.191 e. The zero-order valence-electron chi connectivity index (χ0n) is 14.5. The highest BCUT2D eigenvalue weighted by Crippen LogP contribution is 2.19. The Morgan fingerprint density at radius 3 is 2.60 bits per heavy atom. The van der Waals surface area contributed by atoms with Gasteiger partial charge < -0.3 is 20.1 Å². The van der Waals surface area contributed by atoms with Crippen LogP contribution < -0.4 is 10.6 Å². The minimum atomic E-state index is 0.613. The van der Waals surface area contributed by atoms with E-state index in [1.165, 1.54) is 5.69 Å². The molecule has 1 aliphatic heterocycles. The van der Waals surface area contributed by atoms with Crippen LogP contribution in [0.4, 0.5) is 5.69 Å². The van der Waals surface area contributed by atoms with Gasteiger partial charge in [0.15, 0.2) is 5.96 Å². The summed E-state index contributed by atoms with van der Waals surface area (Å²) in [4.78, 5) is 8.99. The van der Waals surface area contributed by atoms with Crippen LogP contribution in [0, 0.1) is 0 Å². The van der Waals surface area contributed by atoms with Gasteiger partial charge in [0.05, 0.1) is 6.54 Å². The summed E-state index contributed by atoms with van der Waals surface area (Å²) < 4.78 is 2.02. The summed E-state index contributed by atoms with van der Waals surface area (Å²) in [5.41, 5.74) is 7.36. The molecule has 0 unspecified atom stereocenters. The van der Waals surface area contributed by atoms with E-state index in [0.29, 0.717) is 12.5 Å². The lowest BCUT2D eigenvalue weighted by atomic mass is 10.2. The lowest BCUT2D eigenvalue weighted by Crippen LogP contribution is -2.51. The molecule has 2 N–H and O–H groups in total. The first-order chi connectivity index (χ1) is 12.2. The Balaban J connectivity index is 1.49. The van der Waals surface area contributed by atoms with Gasteiger partial charge in [-0.05, 0) is 24.3 Å². The number of piperazine rings is 1. The number of hydrogen-bond donors (Lipinski definition) is 1. The number of aryl methyl sites for hydroxylation is 1. The first-order valence-electron chi connectivity index (χ1n) is 8.59. The van der Waals surface area contributed by atoms with Crippen molar-refractivity contribution in [2.75, 3.05) is 37.6 Å².